The average molecular weight is 292 g/mol. The van der Waals surface area contributed by atoms with E-state index in [-0.39, 0.29) is 17.3 Å². The minimum atomic E-state index is -0.992. The van der Waals surface area contributed by atoms with Crippen LogP contribution in [-0.4, -0.2) is 26.2 Å². The van der Waals surface area contributed by atoms with Gasteiger partial charge in [0, 0.05) is 19.7 Å². The lowest BCUT2D eigenvalue weighted by Crippen LogP contribution is -2.17. The fourth-order valence-electron chi connectivity index (χ4n) is 1.69. The summed E-state index contributed by atoms with van der Waals surface area (Å²) in [6.45, 7) is 9.13. The van der Waals surface area contributed by atoms with Crippen molar-refractivity contribution in [2.24, 2.45) is 0 Å². The second-order valence-corrected chi connectivity index (χ2v) is 11.8. The molecule has 0 unspecified atom stereocenters. The van der Waals surface area contributed by atoms with Crippen LogP contribution >= 0.6 is 0 Å². The van der Waals surface area contributed by atoms with Gasteiger partial charge in [0.15, 0.2) is 11.5 Å². The number of unbranched alkanes of at least 4 members (excludes halogenated alkanes) is 1. The zero-order chi connectivity index (χ0) is 15.2. The number of carbonyl (C=O) groups excluding carboxylic acids is 2. The number of carbonyl (C=O) groups is 2. The molecule has 110 valence electrons. The van der Waals surface area contributed by atoms with Gasteiger partial charge in [-0.3, -0.25) is 9.59 Å². The number of allylic oxidation sites excluding steroid dienone is 5. The van der Waals surface area contributed by atoms with Gasteiger partial charge >= 0.3 is 0 Å². The van der Waals surface area contributed by atoms with Crippen molar-refractivity contribution in [1.29, 1.82) is 0 Å². The quantitative estimate of drug-likeness (QED) is 0.311. The van der Waals surface area contributed by atoms with E-state index >= 15 is 0 Å². The van der Waals surface area contributed by atoms with Crippen molar-refractivity contribution >= 4 is 19.6 Å². The predicted octanol–water partition coefficient (Wildman–Crippen LogP) is 3.66. The normalized spacial score (nSPS) is 16.4. The van der Waals surface area contributed by atoms with E-state index in [0.717, 1.165) is 12.8 Å². The van der Waals surface area contributed by atoms with Gasteiger partial charge in [-0.25, -0.2) is 0 Å². The summed E-state index contributed by atoms with van der Waals surface area (Å²) in [5, 5.41) is 0. The van der Waals surface area contributed by atoms with Crippen LogP contribution in [0.25, 0.3) is 0 Å². The minimum Gasteiger partial charge on any atom is -0.489 e. The maximum absolute atomic E-state index is 11.6. The minimum absolute atomic E-state index is 0.144. The smallest absolute Gasteiger partial charge is 0.220 e. The number of hydrogen-bond donors (Lipinski definition) is 0. The lowest BCUT2D eigenvalue weighted by atomic mass is 10.0. The van der Waals surface area contributed by atoms with Crippen LogP contribution in [0.4, 0.5) is 0 Å². The zero-order valence-electron chi connectivity index (χ0n) is 12.9. The van der Waals surface area contributed by atoms with Gasteiger partial charge in [0.2, 0.25) is 5.78 Å². The first-order chi connectivity index (χ1) is 9.29. The van der Waals surface area contributed by atoms with Crippen LogP contribution < -0.4 is 0 Å². The first-order valence-corrected chi connectivity index (χ1v) is 10.8. The molecular formula is C16H24O3Si. The van der Waals surface area contributed by atoms with Crippen molar-refractivity contribution in [3.63, 3.8) is 0 Å². The summed E-state index contributed by atoms with van der Waals surface area (Å²) in [5.74, 6) is -0.183. The number of ketones is 2. The summed E-state index contributed by atoms with van der Waals surface area (Å²) in [5.41, 5.74) is 0.469. The Hall–Kier alpha value is -1.42. The molecule has 0 aromatic rings. The number of ether oxygens (including phenoxy) is 1. The van der Waals surface area contributed by atoms with E-state index in [9.17, 15) is 9.59 Å². The van der Waals surface area contributed by atoms with Crippen molar-refractivity contribution in [3.8, 4) is 0 Å². The van der Waals surface area contributed by atoms with E-state index in [4.69, 9.17) is 4.74 Å². The van der Waals surface area contributed by atoms with Gasteiger partial charge in [-0.1, -0.05) is 31.8 Å². The van der Waals surface area contributed by atoms with Gasteiger partial charge in [0.05, 0.1) is 6.61 Å². The molecule has 0 radical (unpaired) electrons. The highest BCUT2D eigenvalue weighted by Crippen LogP contribution is 2.13. The Labute approximate surface area is 122 Å². The fourth-order valence-corrected chi connectivity index (χ4v) is 2.57. The van der Waals surface area contributed by atoms with E-state index < -0.39 is 8.07 Å². The molecule has 4 heteroatoms. The molecule has 0 saturated heterocycles. The molecule has 1 rings (SSSR count). The highest BCUT2D eigenvalue weighted by Gasteiger charge is 2.18. The SMILES string of the molecule is CC1=CC(=O)C(OCCC/C=C\C[Si](C)(C)C)=CC1=O. The monoisotopic (exact) mass is 292 g/mol. The maximum Gasteiger partial charge on any atom is 0.220 e. The van der Waals surface area contributed by atoms with Gasteiger partial charge < -0.3 is 4.74 Å². The molecule has 20 heavy (non-hydrogen) atoms. The van der Waals surface area contributed by atoms with Crippen molar-refractivity contribution < 1.29 is 14.3 Å². The molecule has 0 heterocycles. The Kier molecular flexibility index (Phi) is 6.14. The topological polar surface area (TPSA) is 43.4 Å². The molecule has 0 aliphatic heterocycles. The molecule has 1 aliphatic rings. The van der Waals surface area contributed by atoms with E-state index in [0.29, 0.717) is 12.2 Å². The highest BCUT2D eigenvalue weighted by atomic mass is 28.3. The van der Waals surface area contributed by atoms with Crippen LogP contribution in [0, 0.1) is 0 Å². The van der Waals surface area contributed by atoms with E-state index in [2.05, 4.69) is 31.8 Å². The molecule has 0 bridgehead atoms. The first-order valence-electron chi connectivity index (χ1n) is 7.06. The molecule has 0 saturated carbocycles. The third kappa shape index (κ3) is 6.15. The largest absolute Gasteiger partial charge is 0.489 e. The van der Waals surface area contributed by atoms with E-state index in [1.807, 2.05) is 0 Å². The predicted molar refractivity (Wildman–Crippen MR) is 84.3 cm³/mol. The Morgan fingerprint density at radius 2 is 1.80 bits per heavy atom. The molecule has 0 spiro atoms. The van der Waals surface area contributed by atoms with Crippen molar-refractivity contribution in [1.82, 2.24) is 0 Å². The fraction of sp³-hybridized carbons (Fsp3) is 0.500. The van der Waals surface area contributed by atoms with Crippen LogP contribution in [0.5, 0.6) is 0 Å². The van der Waals surface area contributed by atoms with Gasteiger partial charge in [-0.15, -0.1) is 0 Å². The van der Waals surface area contributed by atoms with Gasteiger partial charge in [-0.2, -0.15) is 0 Å². The molecular weight excluding hydrogens is 268 g/mol. The maximum atomic E-state index is 11.6. The molecule has 3 nitrogen and oxygen atoms in total. The summed E-state index contributed by atoms with van der Waals surface area (Å²) in [6.07, 6.45) is 8.84. The second kappa shape index (κ2) is 7.38. The average Bonchev–Trinajstić information content (AvgIpc) is 2.32. The first kappa shape index (κ1) is 16.6. The third-order valence-corrected chi connectivity index (χ3v) is 4.37. The molecule has 0 N–H and O–H groups in total. The summed E-state index contributed by atoms with van der Waals surface area (Å²) in [6, 6.07) is 1.19. The van der Waals surface area contributed by atoms with Crippen LogP contribution in [0.1, 0.15) is 19.8 Å². The number of hydrogen-bond acceptors (Lipinski definition) is 3. The van der Waals surface area contributed by atoms with Crippen molar-refractivity contribution in [3.05, 3.63) is 35.6 Å². The lowest BCUT2D eigenvalue weighted by Gasteiger charge is -2.12. The summed E-state index contributed by atoms with van der Waals surface area (Å²) < 4.78 is 5.38. The van der Waals surface area contributed by atoms with E-state index in [1.165, 1.54) is 18.2 Å². The molecule has 0 atom stereocenters. The Morgan fingerprint density at radius 1 is 1.10 bits per heavy atom. The van der Waals surface area contributed by atoms with Crippen LogP contribution in [-0.2, 0) is 14.3 Å². The summed E-state index contributed by atoms with van der Waals surface area (Å²) >= 11 is 0. The van der Waals surface area contributed by atoms with Gasteiger partial charge in [0.1, 0.15) is 0 Å². The second-order valence-electron chi connectivity index (χ2n) is 6.29. The summed E-state index contributed by atoms with van der Waals surface area (Å²) in [7, 11) is -0.992. The molecule has 0 amide bonds. The van der Waals surface area contributed by atoms with Crippen LogP contribution in [0.15, 0.2) is 35.6 Å². The lowest BCUT2D eigenvalue weighted by molar-refractivity contribution is -0.117. The Balaban J connectivity index is 2.24. The van der Waals surface area contributed by atoms with E-state index in [1.54, 1.807) is 6.92 Å². The summed E-state index contributed by atoms with van der Waals surface area (Å²) in [4.78, 5) is 23.0. The molecule has 1 aliphatic carbocycles. The standard InChI is InChI=1S/C16H24O3Si/c1-13-11-15(18)16(12-14(13)17)19-9-7-5-6-8-10-20(2,3)4/h6,8,11-12H,5,7,9-10H2,1-4H3/b8-6-. The van der Waals surface area contributed by atoms with Crippen molar-refractivity contribution in [2.45, 2.75) is 45.5 Å². The Bertz CT molecular complexity index is 465. The van der Waals surface area contributed by atoms with Gasteiger partial charge in [-0.05, 0) is 31.9 Å². The molecule has 0 fully saturated rings. The van der Waals surface area contributed by atoms with Gasteiger partial charge in [0.25, 0.3) is 0 Å². The zero-order valence-corrected chi connectivity index (χ0v) is 13.9. The Morgan fingerprint density at radius 3 is 2.45 bits per heavy atom. The van der Waals surface area contributed by atoms with Crippen LogP contribution in [0.2, 0.25) is 25.7 Å². The third-order valence-electron chi connectivity index (χ3n) is 2.91. The van der Waals surface area contributed by atoms with Crippen molar-refractivity contribution in [2.75, 3.05) is 6.61 Å². The number of rotatable bonds is 7. The van der Waals surface area contributed by atoms with Crippen LogP contribution in [0.3, 0.4) is 0 Å². The highest BCUT2D eigenvalue weighted by molar-refractivity contribution is 6.76. The molecule has 0 aromatic heterocycles. The molecule has 0 aromatic carbocycles.